The lowest BCUT2D eigenvalue weighted by molar-refractivity contribution is 0.281. The number of benzene rings is 1. The summed E-state index contributed by atoms with van der Waals surface area (Å²) >= 11 is 0. The lowest BCUT2D eigenvalue weighted by Crippen LogP contribution is -2.31. The summed E-state index contributed by atoms with van der Waals surface area (Å²) in [7, 11) is 0. The molecule has 0 heterocycles. The van der Waals surface area contributed by atoms with E-state index in [2.05, 4.69) is 32.9 Å². The standard InChI is InChI=1S/C13H21NO2/c1-10-8-11(2)13(12(3)9-10)14(4-6-15)5-7-16/h8-9,15-16H,4-7H2,1-3H3. The van der Waals surface area contributed by atoms with Crippen molar-refractivity contribution in [3.05, 3.63) is 28.8 Å². The van der Waals surface area contributed by atoms with Crippen molar-refractivity contribution in [3.63, 3.8) is 0 Å². The van der Waals surface area contributed by atoms with Gasteiger partial charge in [0, 0.05) is 18.8 Å². The molecule has 0 atom stereocenters. The predicted molar refractivity (Wildman–Crippen MR) is 67.0 cm³/mol. The van der Waals surface area contributed by atoms with E-state index in [4.69, 9.17) is 10.2 Å². The molecule has 1 aromatic rings. The lowest BCUT2D eigenvalue weighted by atomic mass is 10.0. The molecule has 0 spiro atoms. The maximum atomic E-state index is 9.04. The zero-order valence-electron chi connectivity index (χ0n) is 10.3. The van der Waals surface area contributed by atoms with Gasteiger partial charge in [-0.1, -0.05) is 17.7 Å². The molecule has 1 rings (SSSR count). The number of aliphatic hydroxyl groups is 2. The maximum absolute atomic E-state index is 9.04. The normalized spacial score (nSPS) is 10.6. The molecule has 16 heavy (non-hydrogen) atoms. The molecule has 0 amide bonds. The van der Waals surface area contributed by atoms with Crippen molar-refractivity contribution in [1.82, 2.24) is 0 Å². The fraction of sp³-hybridized carbons (Fsp3) is 0.538. The Morgan fingerprint density at radius 1 is 0.938 bits per heavy atom. The largest absolute Gasteiger partial charge is 0.395 e. The van der Waals surface area contributed by atoms with Crippen LogP contribution in [-0.2, 0) is 0 Å². The summed E-state index contributed by atoms with van der Waals surface area (Å²) < 4.78 is 0. The second-order valence-corrected chi connectivity index (χ2v) is 4.18. The molecule has 1 aromatic carbocycles. The molecule has 0 unspecified atom stereocenters. The Balaban J connectivity index is 3.07. The molecule has 90 valence electrons. The first kappa shape index (κ1) is 13.0. The fourth-order valence-corrected chi connectivity index (χ4v) is 2.25. The minimum absolute atomic E-state index is 0.104. The Labute approximate surface area is 97.3 Å². The molecule has 0 saturated heterocycles. The zero-order valence-corrected chi connectivity index (χ0v) is 10.3. The number of anilines is 1. The van der Waals surface area contributed by atoms with E-state index in [1.54, 1.807) is 0 Å². The van der Waals surface area contributed by atoms with Gasteiger partial charge in [-0.3, -0.25) is 0 Å². The van der Waals surface area contributed by atoms with Crippen LogP contribution < -0.4 is 4.90 Å². The van der Waals surface area contributed by atoms with E-state index in [9.17, 15) is 0 Å². The van der Waals surface area contributed by atoms with Gasteiger partial charge in [0.2, 0.25) is 0 Å². The summed E-state index contributed by atoms with van der Waals surface area (Å²) in [6.45, 7) is 7.54. The minimum Gasteiger partial charge on any atom is -0.395 e. The molecule has 2 N–H and O–H groups in total. The summed E-state index contributed by atoms with van der Waals surface area (Å²) in [6.07, 6.45) is 0. The number of aliphatic hydroxyl groups excluding tert-OH is 2. The average Bonchev–Trinajstić information content (AvgIpc) is 2.16. The molecule has 0 bridgehead atoms. The predicted octanol–water partition coefficient (Wildman–Crippen LogP) is 1.40. The lowest BCUT2D eigenvalue weighted by Gasteiger charge is -2.27. The number of hydrogen-bond acceptors (Lipinski definition) is 3. The van der Waals surface area contributed by atoms with Crippen molar-refractivity contribution in [2.75, 3.05) is 31.2 Å². The van der Waals surface area contributed by atoms with Crippen LogP contribution >= 0.6 is 0 Å². The van der Waals surface area contributed by atoms with E-state index < -0.39 is 0 Å². The molecule has 0 aliphatic heterocycles. The molecule has 3 heteroatoms. The molecule has 0 fully saturated rings. The zero-order chi connectivity index (χ0) is 12.1. The third-order valence-corrected chi connectivity index (χ3v) is 2.69. The molecule has 0 aromatic heterocycles. The van der Waals surface area contributed by atoms with E-state index in [0.717, 1.165) is 5.69 Å². The molecule has 0 aliphatic rings. The molecule has 0 saturated carbocycles. The van der Waals surface area contributed by atoms with Gasteiger partial charge in [-0.15, -0.1) is 0 Å². The SMILES string of the molecule is Cc1cc(C)c(N(CCO)CCO)c(C)c1. The Hall–Kier alpha value is -1.06. The van der Waals surface area contributed by atoms with Crippen molar-refractivity contribution in [1.29, 1.82) is 0 Å². The van der Waals surface area contributed by atoms with Crippen LogP contribution in [0, 0.1) is 20.8 Å². The first-order valence-electron chi connectivity index (χ1n) is 5.64. The van der Waals surface area contributed by atoms with Crippen LogP contribution in [0.3, 0.4) is 0 Å². The van der Waals surface area contributed by atoms with Crippen LogP contribution in [0.15, 0.2) is 12.1 Å². The van der Waals surface area contributed by atoms with E-state index >= 15 is 0 Å². The van der Waals surface area contributed by atoms with Crippen LogP contribution in [-0.4, -0.2) is 36.5 Å². The quantitative estimate of drug-likeness (QED) is 0.793. The van der Waals surface area contributed by atoms with E-state index in [1.165, 1.54) is 16.7 Å². The molecule has 0 aliphatic carbocycles. The number of rotatable bonds is 5. The third kappa shape index (κ3) is 2.97. The van der Waals surface area contributed by atoms with Crippen LogP contribution in [0.2, 0.25) is 0 Å². The minimum atomic E-state index is 0.104. The van der Waals surface area contributed by atoms with Crippen molar-refractivity contribution in [2.24, 2.45) is 0 Å². The highest BCUT2D eigenvalue weighted by molar-refractivity contribution is 5.60. The highest BCUT2D eigenvalue weighted by Gasteiger charge is 2.11. The third-order valence-electron chi connectivity index (χ3n) is 2.69. The average molecular weight is 223 g/mol. The van der Waals surface area contributed by atoms with Gasteiger partial charge < -0.3 is 15.1 Å². The topological polar surface area (TPSA) is 43.7 Å². The van der Waals surface area contributed by atoms with Crippen LogP contribution in [0.5, 0.6) is 0 Å². The second kappa shape index (κ2) is 5.87. The molecular weight excluding hydrogens is 202 g/mol. The van der Waals surface area contributed by atoms with Gasteiger partial charge >= 0.3 is 0 Å². The van der Waals surface area contributed by atoms with E-state index in [-0.39, 0.29) is 13.2 Å². The van der Waals surface area contributed by atoms with Gasteiger partial charge in [0.05, 0.1) is 13.2 Å². The van der Waals surface area contributed by atoms with Gasteiger partial charge in [0.25, 0.3) is 0 Å². The highest BCUT2D eigenvalue weighted by atomic mass is 16.3. The second-order valence-electron chi connectivity index (χ2n) is 4.18. The Kier molecular flexibility index (Phi) is 4.77. The Morgan fingerprint density at radius 3 is 1.75 bits per heavy atom. The number of hydrogen-bond donors (Lipinski definition) is 2. The van der Waals surface area contributed by atoms with Gasteiger partial charge in [-0.25, -0.2) is 0 Å². The summed E-state index contributed by atoms with van der Waals surface area (Å²) in [5, 5.41) is 18.1. The van der Waals surface area contributed by atoms with E-state index in [1.807, 2.05) is 4.90 Å². The van der Waals surface area contributed by atoms with Crippen molar-refractivity contribution < 1.29 is 10.2 Å². The highest BCUT2D eigenvalue weighted by Crippen LogP contribution is 2.25. The van der Waals surface area contributed by atoms with Crippen molar-refractivity contribution in [2.45, 2.75) is 20.8 Å². The van der Waals surface area contributed by atoms with Gasteiger partial charge in [-0.2, -0.15) is 0 Å². The van der Waals surface area contributed by atoms with Crippen molar-refractivity contribution >= 4 is 5.69 Å². The Morgan fingerprint density at radius 2 is 1.38 bits per heavy atom. The molecule has 3 nitrogen and oxygen atoms in total. The monoisotopic (exact) mass is 223 g/mol. The molecular formula is C13H21NO2. The van der Waals surface area contributed by atoms with Crippen LogP contribution in [0.4, 0.5) is 5.69 Å². The summed E-state index contributed by atoms with van der Waals surface area (Å²) in [5.41, 5.74) is 4.76. The summed E-state index contributed by atoms with van der Waals surface area (Å²) in [5.74, 6) is 0. The summed E-state index contributed by atoms with van der Waals surface area (Å²) in [6, 6.07) is 4.26. The van der Waals surface area contributed by atoms with Crippen LogP contribution in [0.25, 0.3) is 0 Å². The molecule has 0 radical (unpaired) electrons. The van der Waals surface area contributed by atoms with E-state index in [0.29, 0.717) is 13.1 Å². The van der Waals surface area contributed by atoms with Gasteiger partial charge in [0.15, 0.2) is 0 Å². The van der Waals surface area contributed by atoms with Crippen molar-refractivity contribution in [3.8, 4) is 0 Å². The maximum Gasteiger partial charge on any atom is 0.0606 e. The smallest absolute Gasteiger partial charge is 0.0606 e. The summed E-state index contributed by atoms with van der Waals surface area (Å²) in [4.78, 5) is 2.03. The number of aryl methyl sites for hydroxylation is 3. The van der Waals surface area contributed by atoms with Crippen LogP contribution in [0.1, 0.15) is 16.7 Å². The Bertz CT molecular complexity index is 321. The fourth-order valence-electron chi connectivity index (χ4n) is 2.25. The number of nitrogens with zero attached hydrogens (tertiary/aromatic N) is 1. The first-order valence-corrected chi connectivity index (χ1v) is 5.64. The first-order chi connectivity index (χ1) is 7.60. The van der Waals surface area contributed by atoms with Gasteiger partial charge in [0.1, 0.15) is 0 Å². The van der Waals surface area contributed by atoms with Gasteiger partial charge in [-0.05, 0) is 31.9 Å².